The van der Waals surface area contributed by atoms with E-state index in [-0.39, 0.29) is 17.9 Å². The van der Waals surface area contributed by atoms with Crippen molar-refractivity contribution in [3.8, 4) is 11.4 Å². The maximum Gasteiger partial charge on any atom is 0.227 e. The topological polar surface area (TPSA) is 85.8 Å². The van der Waals surface area contributed by atoms with Crippen LogP contribution in [0.25, 0.3) is 11.4 Å². The molecule has 2 heterocycles. The van der Waals surface area contributed by atoms with Gasteiger partial charge in [0.1, 0.15) is 5.82 Å². The normalized spacial score (nSPS) is 22.7. The van der Waals surface area contributed by atoms with Crippen LogP contribution in [0.4, 0.5) is 5.69 Å². The van der Waals surface area contributed by atoms with E-state index in [0.717, 1.165) is 68.0 Å². The molecular weight excluding hydrogens is 350 g/mol. The van der Waals surface area contributed by atoms with Gasteiger partial charge in [0.15, 0.2) is 5.82 Å². The Morgan fingerprint density at radius 3 is 2.92 bits per heavy atom. The molecule has 3 N–H and O–H groups in total. The minimum atomic E-state index is -0.00603. The predicted octanol–water partition coefficient (Wildman–Crippen LogP) is 3.39. The van der Waals surface area contributed by atoms with Crippen LogP contribution in [0.3, 0.4) is 0 Å². The van der Waals surface area contributed by atoms with Crippen LogP contribution in [0.15, 0.2) is 18.2 Å². The van der Waals surface area contributed by atoms with E-state index in [4.69, 9.17) is 17.3 Å². The summed E-state index contributed by atoms with van der Waals surface area (Å²) in [7, 11) is 0. The Morgan fingerprint density at radius 2 is 2.12 bits per heavy atom. The quantitative estimate of drug-likeness (QED) is 0.863. The van der Waals surface area contributed by atoms with Gasteiger partial charge in [0.2, 0.25) is 5.91 Å². The zero-order chi connectivity index (χ0) is 18.1. The summed E-state index contributed by atoms with van der Waals surface area (Å²) < 4.78 is 2.16. The van der Waals surface area contributed by atoms with Crippen molar-refractivity contribution >= 4 is 23.2 Å². The smallest absolute Gasteiger partial charge is 0.227 e. The lowest BCUT2D eigenvalue weighted by Crippen LogP contribution is -2.23. The number of carbonyl (C=O) groups is 1. The zero-order valence-corrected chi connectivity index (χ0v) is 15.5. The molecule has 2 aromatic rings. The summed E-state index contributed by atoms with van der Waals surface area (Å²) in [6.45, 7) is 0.907. The molecule has 2 aliphatic rings. The van der Waals surface area contributed by atoms with Crippen molar-refractivity contribution in [3.63, 3.8) is 0 Å². The number of aromatic nitrogens is 3. The van der Waals surface area contributed by atoms with E-state index in [1.807, 2.05) is 18.2 Å². The molecule has 1 saturated carbocycles. The molecule has 4 rings (SSSR count). The van der Waals surface area contributed by atoms with Gasteiger partial charge in [-0.3, -0.25) is 4.79 Å². The number of nitrogens with one attached hydrogen (secondary N) is 1. The number of carbonyl (C=O) groups excluding carboxylic acids is 1. The average molecular weight is 374 g/mol. The van der Waals surface area contributed by atoms with Crippen LogP contribution < -0.4 is 11.1 Å². The summed E-state index contributed by atoms with van der Waals surface area (Å²) in [5, 5.41) is 12.4. The SMILES string of the molecule is NC1CCC(C(=O)Nc2ccc(Cl)c(-c3nnc4n3CCCCC4)c2)C1. The van der Waals surface area contributed by atoms with Gasteiger partial charge in [-0.1, -0.05) is 18.0 Å². The minimum absolute atomic E-state index is 0.00603. The highest BCUT2D eigenvalue weighted by atomic mass is 35.5. The molecule has 7 heteroatoms. The number of nitrogens with two attached hydrogens (primary N) is 1. The fourth-order valence-corrected chi connectivity index (χ4v) is 4.16. The van der Waals surface area contributed by atoms with Crippen LogP contribution in [0.2, 0.25) is 5.02 Å². The molecule has 1 fully saturated rings. The summed E-state index contributed by atoms with van der Waals surface area (Å²) in [4.78, 5) is 12.5. The van der Waals surface area contributed by atoms with Gasteiger partial charge < -0.3 is 15.6 Å². The number of fused-ring (bicyclic) bond motifs is 1. The predicted molar refractivity (Wildman–Crippen MR) is 102 cm³/mol. The van der Waals surface area contributed by atoms with Crippen molar-refractivity contribution in [1.82, 2.24) is 14.8 Å². The van der Waals surface area contributed by atoms with Crippen LogP contribution in [-0.4, -0.2) is 26.7 Å². The van der Waals surface area contributed by atoms with Gasteiger partial charge in [0, 0.05) is 36.2 Å². The lowest BCUT2D eigenvalue weighted by atomic mass is 10.1. The molecule has 0 spiro atoms. The van der Waals surface area contributed by atoms with Crippen LogP contribution in [0, 0.1) is 5.92 Å². The van der Waals surface area contributed by atoms with E-state index in [1.165, 1.54) is 6.42 Å². The zero-order valence-electron chi connectivity index (χ0n) is 14.7. The molecule has 0 radical (unpaired) electrons. The molecular formula is C19H24ClN5O. The Hall–Kier alpha value is -1.92. The largest absolute Gasteiger partial charge is 0.328 e. The van der Waals surface area contributed by atoms with Crippen LogP contribution >= 0.6 is 11.6 Å². The summed E-state index contributed by atoms with van der Waals surface area (Å²) in [5.74, 6) is 1.83. The van der Waals surface area contributed by atoms with E-state index in [2.05, 4.69) is 20.1 Å². The number of nitrogens with zero attached hydrogens (tertiary/aromatic N) is 3. The Morgan fingerprint density at radius 1 is 1.23 bits per heavy atom. The summed E-state index contributed by atoms with van der Waals surface area (Å²) in [5.41, 5.74) is 7.48. The second-order valence-corrected chi connectivity index (χ2v) is 7.76. The number of aryl methyl sites for hydroxylation is 1. The summed E-state index contributed by atoms with van der Waals surface area (Å²) in [6, 6.07) is 5.68. The molecule has 2 unspecified atom stereocenters. The standard InChI is InChI=1S/C19H24ClN5O/c20-16-8-7-14(22-19(26)12-5-6-13(21)10-12)11-15(16)18-24-23-17-4-2-1-3-9-25(17)18/h7-8,11-13H,1-6,9-10,21H2,(H,22,26). The number of hydrogen-bond acceptors (Lipinski definition) is 4. The number of halogens is 1. The molecule has 1 aliphatic carbocycles. The molecule has 138 valence electrons. The number of hydrogen-bond donors (Lipinski definition) is 2. The first-order valence-electron chi connectivity index (χ1n) is 9.40. The van der Waals surface area contributed by atoms with E-state index in [0.29, 0.717) is 5.02 Å². The van der Waals surface area contributed by atoms with Gasteiger partial charge in [0.05, 0.1) is 5.02 Å². The highest BCUT2D eigenvalue weighted by Gasteiger charge is 2.28. The van der Waals surface area contributed by atoms with Crippen molar-refractivity contribution < 1.29 is 4.79 Å². The van der Waals surface area contributed by atoms with Gasteiger partial charge >= 0.3 is 0 Å². The monoisotopic (exact) mass is 373 g/mol. The van der Waals surface area contributed by atoms with Gasteiger partial charge in [-0.2, -0.15) is 0 Å². The number of benzene rings is 1. The van der Waals surface area contributed by atoms with Gasteiger partial charge in [-0.15, -0.1) is 10.2 Å². The molecule has 1 aromatic carbocycles. The second kappa shape index (κ2) is 7.37. The van der Waals surface area contributed by atoms with Gasteiger partial charge in [-0.25, -0.2) is 0 Å². The fraction of sp³-hybridized carbons (Fsp3) is 0.526. The molecule has 1 aromatic heterocycles. The van der Waals surface area contributed by atoms with E-state index < -0.39 is 0 Å². The second-order valence-electron chi connectivity index (χ2n) is 7.36. The summed E-state index contributed by atoms with van der Waals surface area (Å²) in [6.07, 6.45) is 6.93. The molecule has 0 bridgehead atoms. The van der Waals surface area contributed by atoms with Crippen LogP contribution in [0.1, 0.15) is 44.3 Å². The maximum atomic E-state index is 12.5. The van der Waals surface area contributed by atoms with Crippen LogP contribution in [-0.2, 0) is 17.8 Å². The Balaban J connectivity index is 1.59. The molecule has 0 saturated heterocycles. The lowest BCUT2D eigenvalue weighted by Gasteiger charge is -2.13. The van der Waals surface area contributed by atoms with Gasteiger partial charge in [-0.05, 0) is 50.3 Å². The van der Waals surface area contributed by atoms with E-state index in [1.54, 1.807) is 0 Å². The third-order valence-electron chi connectivity index (χ3n) is 5.43. The van der Waals surface area contributed by atoms with E-state index >= 15 is 0 Å². The van der Waals surface area contributed by atoms with E-state index in [9.17, 15) is 4.79 Å². The molecule has 6 nitrogen and oxygen atoms in total. The van der Waals surface area contributed by atoms with Crippen molar-refractivity contribution in [2.75, 3.05) is 5.32 Å². The third-order valence-corrected chi connectivity index (χ3v) is 5.76. The number of amides is 1. The third kappa shape index (κ3) is 3.48. The molecule has 26 heavy (non-hydrogen) atoms. The number of anilines is 1. The number of rotatable bonds is 3. The fourth-order valence-electron chi connectivity index (χ4n) is 3.96. The lowest BCUT2D eigenvalue weighted by molar-refractivity contribution is -0.119. The summed E-state index contributed by atoms with van der Waals surface area (Å²) >= 11 is 6.44. The average Bonchev–Trinajstić information content (AvgIpc) is 3.16. The van der Waals surface area contributed by atoms with Crippen molar-refractivity contribution in [2.24, 2.45) is 11.7 Å². The molecule has 1 aliphatic heterocycles. The minimum Gasteiger partial charge on any atom is -0.328 e. The Bertz CT molecular complexity index is 818. The highest BCUT2D eigenvalue weighted by molar-refractivity contribution is 6.33. The van der Waals surface area contributed by atoms with Gasteiger partial charge in [0.25, 0.3) is 0 Å². The first kappa shape index (κ1) is 17.5. The van der Waals surface area contributed by atoms with Crippen molar-refractivity contribution in [1.29, 1.82) is 0 Å². The maximum absolute atomic E-state index is 12.5. The molecule has 1 amide bonds. The Kier molecular flexibility index (Phi) is 4.96. The Labute approximate surface area is 158 Å². The van der Waals surface area contributed by atoms with Crippen molar-refractivity contribution in [3.05, 3.63) is 29.0 Å². The first-order chi connectivity index (χ1) is 12.6. The van der Waals surface area contributed by atoms with Crippen molar-refractivity contribution in [2.45, 2.75) is 57.5 Å². The first-order valence-corrected chi connectivity index (χ1v) is 9.78. The molecule has 2 atom stereocenters. The van der Waals surface area contributed by atoms with Crippen LogP contribution in [0.5, 0.6) is 0 Å². The highest BCUT2D eigenvalue weighted by Crippen LogP contribution is 2.32.